The zero-order chi connectivity index (χ0) is 2.71. The molecule has 0 aromatic carbocycles. The van der Waals surface area contributed by atoms with Gasteiger partial charge in [-0.1, -0.05) is 0 Å². The van der Waals surface area contributed by atoms with E-state index in [0.29, 0.717) is 0 Å². The quantitative estimate of drug-likeness (QED) is 0.306. The summed E-state index contributed by atoms with van der Waals surface area (Å²) in [7, 11) is 1.65. The van der Waals surface area contributed by atoms with Crippen LogP contribution in [0.15, 0.2) is 0 Å². The van der Waals surface area contributed by atoms with E-state index in [1.807, 2.05) is 0 Å². The van der Waals surface area contributed by atoms with Gasteiger partial charge in [0.05, 0.1) is 0 Å². The highest BCUT2D eigenvalue weighted by Gasteiger charge is 1.22. The Morgan fingerprint density at radius 2 is 1.75 bits per heavy atom. The maximum Gasteiger partial charge on any atom is -0.00172 e. The number of nitrogens with two attached hydrogens (primary N) is 1. The molecule has 4 heavy (non-hydrogen) atoms. The van der Waals surface area contributed by atoms with Crippen LogP contribution in [-0.4, -0.2) is 7.05 Å². The highest BCUT2D eigenvalue weighted by molar-refractivity contribution is 5.85. The first-order valence-corrected chi connectivity index (χ1v) is 0.789. The van der Waals surface area contributed by atoms with E-state index in [0.717, 1.165) is 0 Å². The Balaban J connectivity index is 0. The van der Waals surface area contributed by atoms with Gasteiger partial charge in [-0.15, -0.1) is 12.4 Å². The van der Waals surface area contributed by atoms with Gasteiger partial charge in [0.2, 0.25) is 0 Å². The third-order valence-electron chi connectivity index (χ3n) is 0. The summed E-state index contributed by atoms with van der Waals surface area (Å²) in [4.78, 5) is 0. The molecule has 0 aliphatic rings. The van der Waals surface area contributed by atoms with E-state index in [4.69, 9.17) is 0 Å². The second-order valence-electron chi connectivity index (χ2n) is 0.289. The highest BCUT2D eigenvalue weighted by Crippen LogP contribution is 0.817. The van der Waals surface area contributed by atoms with E-state index >= 15 is 0 Å². The van der Waals surface area contributed by atoms with Gasteiger partial charge in [0.15, 0.2) is 0 Å². The standard InChI is InChI=1S/CH6N2.ClH/c1-3-2;/h3H,2H2,1H3;1H. The summed E-state index contributed by atoms with van der Waals surface area (Å²) >= 11 is 0. The largest absolute Gasteiger partial charge is 0.272 e. The third kappa shape index (κ3) is 73.4. The van der Waals surface area contributed by atoms with Gasteiger partial charge in [-0.05, 0) is 7.05 Å². The molecule has 2 nitrogen and oxygen atoms in total. The fraction of sp³-hybridized carbons (Fsp3) is 1.00. The zero-order valence-electron chi connectivity index (χ0n) is 2.49. The minimum atomic E-state index is 0. The topological polar surface area (TPSA) is 38.0 Å². The number of hydrogen-bond donors (Lipinski definition) is 2. The summed E-state index contributed by atoms with van der Waals surface area (Å²) < 4.78 is 0. The molecular weight excluding hydrogens is 75.5 g/mol. The molecule has 3 heteroatoms. The Bertz CT molecular complexity index is 6.00. The lowest BCUT2D eigenvalue weighted by Crippen LogP contribution is -2.13. The molecular formula is CH7ClN2. The number of rotatable bonds is 0. The van der Waals surface area contributed by atoms with Crippen molar-refractivity contribution in [3.05, 3.63) is 0 Å². The maximum atomic E-state index is 4.60. The average Bonchev–Trinajstić information content (AvgIpc) is 0.918. The normalized spacial score (nSPS) is 4.50. The van der Waals surface area contributed by atoms with Crippen LogP contribution in [0.3, 0.4) is 0 Å². The van der Waals surface area contributed by atoms with Crippen molar-refractivity contribution in [2.24, 2.45) is 5.84 Å². The molecule has 0 spiro atoms. The second-order valence-corrected chi connectivity index (χ2v) is 0.289. The van der Waals surface area contributed by atoms with Crippen LogP contribution in [0.4, 0.5) is 0 Å². The third-order valence-corrected chi connectivity index (χ3v) is 0. The van der Waals surface area contributed by atoms with E-state index < -0.39 is 0 Å². The molecule has 0 radical (unpaired) electrons. The van der Waals surface area contributed by atoms with E-state index in [9.17, 15) is 0 Å². The van der Waals surface area contributed by atoms with Gasteiger partial charge < -0.3 is 0 Å². The predicted molar refractivity (Wildman–Crippen MR) is 20.5 cm³/mol. The molecule has 0 aliphatic heterocycles. The summed E-state index contributed by atoms with van der Waals surface area (Å²) in [5.41, 5.74) is 2.25. The monoisotopic (exact) mass is 82.0 g/mol. The summed E-state index contributed by atoms with van der Waals surface area (Å²) in [6.07, 6.45) is 0. The molecule has 3 N–H and O–H groups in total. The lowest BCUT2D eigenvalue weighted by molar-refractivity contribution is 0.900. The SMILES string of the molecule is CNN.Cl. The van der Waals surface area contributed by atoms with Crippen molar-refractivity contribution in [1.82, 2.24) is 5.43 Å². The van der Waals surface area contributed by atoms with Gasteiger partial charge in [-0.2, -0.15) is 0 Å². The van der Waals surface area contributed by atoms with Crippen molar-refractivity contribution < 1.29 is 0 Å². The molecule has 0 amide bonds. The Morgan fingerprint density at radius 3 is 1.75 bits per heavy atom. The second kappa shape index (κ2) is 10.7. The molecule has 0 heterocycles. The fourth-order valence-corrected chi connectivity index (χ4v) is 0. The first kappa shape index (κ1) is 8.88. The Morgan fingerprint density at radius 1 is 1.75 bits per heavy atom. The average molecular weight is 82.5 g/mol. The van der Waals surface area contributed by atoms with Crippen LogP contribution in [0.5, 0.6) is 0 Å². The summed E-state index contributed by atoms with van der Waals surface area (Å²) in [5, 5.41) is 0. The summed E-state index contributed by atoms with van der Waals surface area (Å²) in [6.45, 7) is 0. The summed E-state index contributed by atoms with van der Waals surface area (Å²) in [5.74, 6) is 4.60. The Kier molecular flexibility index (Phi) is 23.8. The van der Waals surface area contributed by atoms with Gasteiger partial charge in [0, 0.05) is 0 Å². The minimum absolute atomic E-state index is 0. The maximum absolute atomic E-state index is 4.60. The lowest BCUT2D eigenvalue weighted by atomic mass is 11.5. The lowest BCUT2D eigenvalue weighted by Gasteiger charge is -1.62. The molecule has 0 rings (SSSR count). The van der Waals surface area contributed by atoms with Gasteiger partial charge in [-0.3, -0.25) is 11.3 Å². The molecule has 0 atom stereocenters. The molecule has 28 valence electrons. The van der Waals surface area contributed by atoms with Crippen LogP contribution < -0.4 is 11.3 Å². The van der Waals surface area contributed by atoms with E-state index in [1.54, 1.807) is 7.05 Å². The first-order valence-electron chi connectivity index (χ1n) is 0.789. The van der Waals surface area contributed by atoms with Crippen molar-refractivity contribution in [2.45, 2.75) is 0 Å². The van der Waals surface area contributed by atoms with Crippen molar-refractivity contribution in [1.29, 1.82) is 0 Å². The zero-order valence-corrected chi connectivity index (χ0v) is 3.30. The van der Waals surface area contributed by atoms with Crippen LogP contribution in [0.2, 0.25) is 0 Å². The first-order chi connectivity index (χ1) is 1.41. The van der Waals surface area contributed by atoms with Gasteiger partial charge in [0.1, 0.15) is 0 Å². The molecule has 0 fully saturated rings. The number of halogens is 1. The Hall–Kier alpha value is 0.210. The van der Waals surface area contributed by atoms with Gasteiger partial charge in [0.25, 0.3) is 0 Å². The van der Waals surface area contributed by atoms with Crippen molar-refractivity contribution >= 4 is 12.4 Å². The van der Waals surface area contributed by atoms with Crippen molar-refractivity contribution in [3.63, 3.8) is 0 Å². The highest BCUT2D eigenvalue weighted by atomic mass is 35.5. The minimum Gasteiger partial charge on any atom is -0.272 e. The smallest absolute Gasteiger partial charge is 0.00172 e. The summed E-state index contributed by atoms with van der Waals surface area (Å²) in [6, 6.07) is 0. The van der Waals surface area contributed by atoms with Crippen LogP contribution >= 0.6 is 12.4 Å². The van der Waals surface area contributed by atoms with Crippen LogP contribution in [0, 0.1) is 0 Å². The van der Waals surface area contributed by atoms with E-state index in [2.05, 4.69) is 11.3 Å². The van der Waals surface area contributed by atoms with Gasteiger partial charge >= 0.3 is 0 Å². The molecule has 0 aromatic heterocycles. The Labute approximate surface area is 31.8 Å². The molecule has 0 aromatic rings. The number of hydrazine groups is 1. The van der Waals surface area contributed by atoms with Crippen molar-refractivity contribution in [2.75, 3.05) is 7.05 Å². The van der Waals surface area contributed by atoms with E-state index in [-0.39, 0.29) is 12.4 Å². The van der Waals surface area contributed by atoms with Crippen LogP contribution in [-0.2, 0) is 0 Å². The van der Waals surface area contributed by atoms with Crippen molar-refractivity contribution in [3.8, 4) is 0 Å². The molecule has 0 bridgehead atoms. The van der Waals surface area contributed by atoms with Crippen LogP contribution in [0.1, 0.15) is 0 Å². The fourth-order valence-electron chi connectivity index (χ4n) is 0. The van der Waals surface area contributed by atoms with E-state index in [1.165, 1.54) is 0 Å². The number of hydrogen-bond acceptors (Lipinski definition) is 2. The number of nitrogens with one attached hydrogen (secondary N) is 1. The molecule has 0 aliphatic carbocycles. The molecule has 0 saturated heterocycles. The van der Waals surface area contributed by atoms with Gasteiger partial charge in [-0.25, -0.2) is 0 Å². The predicted octanol–water partition coefficient (Wildman–Crippen LogP) is -0.499. The molecule has 0 saturated carbocycles. The van der Waals surface area contributed by atoms with Crippen LogP contribution in [0.25, 0.3) is 0 Å². The molecule has 0 unspecified atom stereocenters.